The van der Waals surface area contributed by atoms with E-state index < -0.39 is 10.1 Å². The Kier molecular flexibility index (Phi) is 5.54. The molecule has 20 heavy (non-hydrogen) atoms. The second kappa shape index (κ2) is 6.55. The minimum atomic E-state index is -4.09. The first-order valence-electron chi connectivity index (χ1n) is 6.91. The van der Waals surface area contributed by atoms with Crippen molar-refractivity contribution in [1.82, 2.24) is 0 Å². The highest BCUT2D eigenvalue weighted by molar-refractivity contribution is 7.89. The summed E-state index contributed by atoms with van der Waals surface area (Å²) >= 11 is 0. The minimum absolute atomic E-state index is 0.109. The Labute approximate surface area is 122 Å². The molecule has 1 aromatic rings. The summed E-state index contributed by atoms with van der Waals surface area (Å²) in [6.45, 7) is 9.99. The van der Waals surface area contributed by atoms with Crippen LogP contribution in [-0.2, 0) is 22.0 Å². The fraction of sp³-hybridized carbons (Fsp3) is 0.500. The van der Waals surface area contributed by atoms with Crippen molar-refractivity contribution in [1.29, 1.82) is 0 Å². The monoisotopic (exact) mass is 296 g/mol. The quantitative estimate of drug-likeness (QED) is 0.771. The van der Waals surface area contributed by atoms with E-state index in [1.807, 2.05) is 12.1 Å². The Balaban J connectivity index is 2.67. The third-order valence-electron chi connectivity index (χ3n) is 3.88. The van der Waals surface area contributed by atoms with Crippen LogP contribution in [0, 0.1) is 0 Å². The van der Waals surface area contributed by atoms with Crippen LogP contribution in [0.5, 0.6) is 0 Å². The normalized spacial score (nSPS) is 12.4. The molecule has 112 valence electrons. The van der Waals surface area contributed by atoms with Gasteiger partial charge in [-0.1, -0.05) is 51.6 Å². The van der Waals surface area contributed by atoms with Gasteiger partial charge in [-0.15, -0.1) is 0 Å². The van der Waals surface area contributed by atoms with Gasteiger partial charge >= 0.3 is 0 Å². The second-order valence-corrected chi connectivity index (χ2v) is 7.33. The summed E-state index contributed by atoms with van der Waals surface area (Å²) in [6, 6.07) is 8.40. The van der Waals surface area contributed by atoms with E-state index in [4.69, 9.17) is 4.55 Å². The van der Waals surface area contributed by atoms with Crippen molar-refractivity contribution in [3.63, 3.8) is 0 Å². The van der Waals surface area contributed by atoms with E-state index in [0.29, 0.717) is 12.8 Å². The van der Waals surface area contributed by atoms with Crippen molar-refractivity contribution >= 4 is 10.1 Å². The molecule has 1 rings (SSSR count). The lowest BCUT2D eigenvalue weighted by molar-refractivity contribution is 0.488. The smallest absolute Gasteiger partial charge is 0.282 e. The summed E-state index contributed by atoms with van der Waals surface area (Å²) < 4.78 is 30.5. The highest BCUT2D eigenvalue weighted by Crippen LogP contribution is 2.27. The molecule has 1 aromatic carbocycles. The van der Waals surface area contributed by atoms with E-state index in [-0.39, 0.29) is 10.3 Å². The third-order valence-corrected chi connectivity index (χ3v) is 4.81. The van der Waals surface area contributed by atoms with Crippen LogP contribution >= 0.6 is 0 Å². The van der Waals surface area contributed by atoms with Gasteiger partial charge in [-0.2, -0.15) is 8.42 Å². The first-order chi connectivity index (χ1) is 9.16. The molecule has 0 unspecified atom stereocenters. The molecule has 0 radical (unpaired) electrons. The predicted molar refractivity (Wildman–Crippen MR) is 83.4 cm³/mol. The number of hydrogen-bond acceptors (Lipinski definition) is 2. The zero-order chi connectivity index (χ0) is 15.4. The molecular weight excluding hydrogens is 272 g/mol. The van der Waals surface area contributed by atoms with Gasteiger partial charge in [-0.3, -0.25) is 4.55 Å². The van der Waals surface area contributed by atoms with Crippen LogP contribution in [0.4, 0.5) is 0 Å². The second-order valence-electron chi connectivity index (χ2n) is 5.81. The van der Waals surface area contributed by atoms with E-state index in [0.717, 1.165) is 12.8 Å². The average molecular weight is 296 g/mol. The molecule has 0 aliphatic heterocycles. The first kappa shape index (κ1) is 16.9. The van der Waals surface area contributed by atoms with Crippen molar-refractivity contribution in [2.45, 2.75) is 51.9 Å². The minimum Gasteiger partial charge on any atom is -0.282 e. The molecule has 0 spiro atoms. The van der Waals surface area contributed by atoms with Gasteiger partial charge in [-0.05, 0) is 42.2 Å². The van der Waals surface area contributed by atoms with Gasteiger partial charge in [-0.25, -0.2) is 0 Å². The number of rotatable bonds is 7. The molecule has 4 heteroatoms. The number of aryl methyl sites for hydroxylation is 1. The van der Waals surface area contributed by atoms with Gasteiger partial charge in [0.2, 0.25) is 0 Å². The first-order valence-corrected chi connectivity index (χ1v) is 8.35. The van der Waals surface area contributed by atoms with Crippen molar-refractivity contribution < 1.29 is 13.0 Å². The van der Waals surface area contributed by atoms with Crippen LogP contribution < -0.4 is 0 Å². The van der Waals surface area contributed by atoms with E-state index in [1.165, 1.54) is 11.1 Å². The van der Waals surface area contributed by atoms with Crippen LogP contribution in [0.1, 0.15) is 51.2 Å². The number of allylic oxidation sites excluding steroid dienone is 1. The fourth-order valence-corrected chi connectivity index (χ4v) is 2.37. The van der Waals surface area contributed by atoms with Gasteiger partial charge in [0.25, 0.3) is 10.1 Å². The fourth-order valence-electron chi connectivity index (χ4n) is 1.97. The molecule has 1 N–H and O–H groups in total. The highest BCUT2D eigenvalue weighted by atomic mass is 32.2. The Bertz CT molecular complexity index is 571. The molecule has 0 fully saturated rings. The van der Waals surface area contributed by atoms with E-state index in [1.54, 1.807) is 0 Å². The summed E-state index contributed by atoms with van der Waals surface area (Å²) in [7, 11) is -4.09. The molecule has 0 amide bonds. The topological polar surface area (TPSA) is 54.4 Å². The van der Waals surface area contributed by atoms with E-state index in [2.05, 4.69) is 39.5 Å². The van der Waals surface area contributed by atoms with Crippen molar-refractivity contribution in [3.05, 3.63) is 46.9 Å². The molecule has 0 saturated heterocycles. The summed E-state index contributed by atoms with van der Waals surface area (Å²) in [6.07, 6.45) is 2.80. The summed E-state index contributed by atoms with van der Waals surface area (Å²) in [5.74, 6) is 0. The van der Waals surface area contributed by atoms with Crippen LogP contribution in [0.25, 0.3) is 0 Å². The standard InChI is InChI=1S/C16H24O3S/c1-5-16(3,4)15-11-7-10-14(12-15)9-6-8-13(2)20(17,18)19/h7,10-12H,2,5-6,8-9H2,1,3-4H3,(H,17,18,19). The molecule has 0 saturated carbocycles. The van der Waals surface area contributed by atoms with Crippen LogP contribution in [0.3, 0.4) is 0 Å². The molecule has 0 aromatic heterocycles. The lowest BCUT2D eigenvalue weighted by Gasteiger charge is -2.23. The van der Waals surface area contributed by atoms with Gasteiger partial charge in [0.15, 0.2) is 0 Å². The maximum Gasteiger partial charge on any atom is 0.290 e. The third kappa shape index (κ3) is 4.76. The molecule has 0 bridgehead atoms. The van der Waals surface area contributed by atoms with Crippen LogP contribution in [-0.4, -0.2) is 13.0 Å². The molecule has 0 aliphatic carbocycles. The number of hydrogen-bond donors (Lipinski definition) is 1. The van der Waals surface area contributed by atoms with Gasteiger partial charge in [0.05, 0.1) is 4.91 Å². The Morgan fingerprint density at radius 3 is 2.55 bits per heavy atom. The highest BCUT2D eigenvalue weighted by Gasteiger charge is 2.18. The van der Waals surface area contributed by atoms with Crippen molar-refractivity contribution in [3.8, 4) is 0 Å². The van der Waals surface area contributed by atoms with Crippen molar-refractivity contribution in [2.24, 2.45) is 0 Å². The molecule has 0 aliphatic rings. The number of benzene rings is 1. The largest absolute Gasteiger partial charge is 0.290 e. The average Bonchev–Trinajstić information content (AvgIpc) is 2.38. The maximum absolute atomic E-state index is 10.9. The molecular formula is C16H24O3S. The van der Waals surface area contributed by atoms with Crippen molar-refractivity contribution in [2.75, 3.05) is 0 Å². The van der Waals surface area contributed by atoms with Crippen LogP contribution in [0.15, 0.2) is 35.7 Å². The molecule has 3 nitrogen and oxygen atoms in total. The van der Waals surface area contributed by atoms with Gasteiger partial charge in [0.1, 0.15) is 0 Å². The summed E-state index contributed by atoms with van der Waals surface area (Å²) in [5, 5.41) is 0. The Morgan fingerprint density at radius 1 is 1.35 bits per heavy atom. The Hall–Kier alpha value is -1.13. The maximum atomic E-state index is 10.9. The Morgan fingerprint density at radius 2 is 2.00 bits per heavy atom. The lowest BCUT2D eigenvalue weighted by atomic mass is 9.81. The van der Waals surface area contributed by atoms with Crippen LogP contribution in [0.2, 0.25) is 0 Å². The predicted octanol–water partition coefficient (Wildman–Crippen LogP) is 4.10. The summed E-state index contributed by atoms with van der Waals surface area (Å²) in [4.78, 5) is -0.109. The molecule has 0 atom stereocenters. The summed E-state index contributed by atoms with van der Waals surface area (Å²) in [5.41, 5.74) is 2.63. The zero-order valence-electron chi connectivity index (χ0n) is 12.5. The molecule has 0 heterocycles. The SMILES string of the molecule is C=C(CCCc1cccc(C(C)(C)CC)c1)S(=O)(=O)O. The van der Waals surface area contributed by atoms with Gasteiger partial charge < -0.3 is 0 Å². The zero-order valence-corrected chi connectivity index (χ0v) is 13.3. The van der Waals surface area contributed by atoms with Gasteiger partial charge in [0, 0.05) is 0 Å². The van der Waals surface area contributed by atoms with E-state index >= 15 is 0 Å². The van der Waals surface area contributed by atoms with E-state index in [9.17, 15) is 8.42 Å². The lowest BCUT2D eigenvalue weighted by Crippen LogP contribution is -2.15.